The minimum atomic E-state index is 0.0827. The summed E-state index contributed by atoms with van der Waals surface area (Å²) in [5.74, 6) is 0.628. The molecule has 0 unspecified atom stereocenters. The topological polar surface area (TPSA) is 34.1 Å². The first-order valence-electron chi connectivity index (χ1n) is 6.31. The fourth-order valence-electron chi connectivity index (χ4n) is 3.26. The van der Waals surface area contributed by atoms with Crippen LogP contribution >= 0.6 is 0 Å². The van der Waals surface area contributed by atoms with Crippen LogP contribution in [0.4, 0.5) is 0 Å². The lowest BCUT2D eigenvalue weighted by Crippen LogP contribution is -2.36. The van der Waals surface area contributed by atoms with E-state index in [0.717, 1.165) is 24.8 Å². The van der Waals surface area contributed by atoms with Crippen LogP contribution in [0.25, 0.3) is 0 Å². The Morgan fingerprint density at radius 1 is 0.941 bits per heavy atom. The average molecular weight is 228 g/mol. The number of fused-ring (bicyclic) bond motifs is 1. The first-order chi connectivity index (χ1) is 8.19. The summed E-state index contributed by atoms with van der Waals surface area (Å²) >= 11 is 0. The van der Waals surface area contributed by atoms with Crippen molar-refractivity contribution in [3.63, 3.8) is 0 Å². The minimum absolute atomic E-state index is 0.0827. The number of ketones is 2. The molecule has 1 fully saturated rings. The van der Waals surface area contributed by atoms with Crippen LogP contribution in [0.2, 0.25) is 0 Å². The largest absolute Gasteiger partial charge is 0.300 e. The van der Waals surface area contributed by atoms with E-state index in [1.54, 1.807) is 0 Å². The van der Waals surface area contributed by atoms with Gasteiger partial charge in [-0.15, -0.1) is 0 Å². The third kappa shape index (κ3) is 1.82. The van der Waals surface area contributed by atoms with E-state index in [-0.39, 0.29) is 11.2 Å². The highest BCUT2D eigenvalue weighted by Gasteiger charge is 2.40. The molecule has 1 aromatic carbocycles. The third-order valence-corrected chi connectivity index (χ3v) is 4.29. The molecular formula is C15H16O2. The van der Waals surface area contributed by atoms with Gasteiger partial charge >= 0.3 is 0 Å². The molecule has 0 aromatic heterocycles. The number of carbonyl (C=O) groups excluding carboxylic acids is 2. The predicted octanol–water partition coefficient (Wildman–Crippen LogP) is 2.95. The Labute approximate surface area is 101 Å². The maximum Gasteiger partial charge on any atom is 0.163 e. The molecule has 0 amide bonds. The number of hydrogen-bond donors (Lipinski definition) is 0. The first-order valence-corrected chi connectivity index (χ1v) is 6.31. The molecule has 0 heterocycles. The fourth-order valence-corrected chi connectivity index (χ4v) is 3.26. The maximum atomic E-state index is 12.2. The van der Waals surface area contributed by atoms with Gasteiger partial charge in [-0.1, -0.05) is 24.3 Å². The molecule has 0 saturated heterocycles. The zero-order valence-electron chi connectivity index (χ0n) is 9.87. The van der Waals surface area contributed by atoms with Crippen LogP contribution in [0, 0.1) is 5.41 Å². The third-order valence-electron chi connectivity index (χ3n) is 4.29. The lowest BCUT2D eigenvalue weighted by Gasteiger charge is -2.39. The normalized spacial score (nSPS) is 22.6. The molecule has 0 N–H and O–H groups in total. The first kappa shape index (κ1) is 10.7. The van der Waals surface area contributed by atoms with E-state index in [1.165, 1.54) is 5.56 Å². The van der Waals surface area contributed by atoms with Gasteiger partial charge in [0.2, 0.25) is 0 Å². The Kier molecular flexibility index (Phi) is 2.39. The second-order valence-corrected chi connectivity index (χ2v) is 5.47. The molecule has 0 aliphatic heterocycles. The van der Waals surface area contributed by atoms with Crippen molar-refractivity contribution in [3.05, 3.63) is 35.4 Å². The Bertz CT molecular complexity index is 477. The summed E-state index contributed by atoms with van der Waals surface area (Å²) in [6, 6.07) is 7.92. The van der Waals surface area contributed by atoms with Crippen LogP contribution in [-0.2, 0) is 11.2 Å². The van der Waals surface area contributed by atoms with Crippen molar-refractivity contribution >= 4 is 11.6 Å². The van der Waals surface area contributed by atoms with Crippen LogP contribution in [0.1, 0.15) is 48.0 Å². The number of hydrogen-bond acceptors (Lipinski definition) is 2. The molecule has 2 aliphatic rings. The van der Waals surface area contributed by atoms with Gasteiger partial charge in [0, 0.05) is 24.8 Å². The molecule has 88 valence electrons. The van der Waals surface area contributed by atoms with Gasteiger partial charge in [0.1, 0.15) is 5.78 Å². The van der Waals surface area contributed by atoms with Crippen LogP contribution in [0.3, 0.4) is 0 Å². The highest BCUT2D eigenvalue weighted by Crippen LogP contribution is 2.45. The standard InChI is InChI=1S/C15H16O2/c16-12-5-7-15(8-6-12)9-11-3-1-2-4-13(11)14(17)10-15/h1-4H,5-10H2. The SMILES string of the molecule is O=C1CCC2(CC1)CC(=O)c1ccccc1C2. The Balaban J connectivity index is 1.93. The fraction of sp³-hybridized carbons (Fsp3) is 0.467. The predicted molar refractivity (Wildman–Crippen MR) is 65.0 cm³/mol. The zero-order valence-corrected chi connectivity index (χ0v) is 9.87. The van der Waals surface area contributed by atoms with E-state index in [9.17, 15) is 9.59 Å². The van der Waals surface area contributed by atoms with Crippen molar-refractivity contribution in [2.24, 2.45) is 5.41 Å². The van der Waals surface area contributed by atoms with Crippen molar-refractivity contribution in [2.45, 2.75) is 38.5 Å². The van der Waals surface area contributed by atoms with Crippen LogP contribution in [0.15, 0.2) is 24.3 Å². The average Bonchev–Trinajstić information content (AvgIpc) is 2.34. The molecule has 1 spiro atoms. The number of Topliss-reactive ketones (excluding diaryl/α,β-unsaturated/α-hetero) is 2. The Morgan fingerprint density at radius 2 is 1.65 bits per heavy atom. The second-order valence-electron chi connectivity index (χ2n) is 5.47. The Hall–Kier alpha value is -1.44. The summed E-state index contributed by atoms with van der Waals surface area (Å²) in [5.41, 5.74) is 2.16. The molecule has 2 aliphatic carbocycles. The van der Waals surface area contributed by atoms with Crippen LogP contribution in [0.5, 0.6) is 0 Å². The molecule has 2 nitrogen and oxygen atoms in total. The van der Waals surface area contributed by atoms with E-state index in [0.29, 0.717) is 25.0 Å². The van der Waals surface area contributed by atoms with Gasteiger partial charge in [-0.2, -0.15) is 0 Å². The maximum absolute atomic E-state index is 12.2. The summed E-state index contributed by atoms with van der Waals surface area (Å²) in [7, 11) is 0. The monoisotopic (exact) mass is 228 g/mol. The number of benzene rings is 1. The summed E-state index contributed by atoms with van der Waals surface area (Å²) in [5, 5.41) is 0. The smallest absolute Gasteiger partial charge is 0.163 e. The summed E-state index contributed by atoms with van der Waals surface area (Å²) in [6.45, 7) is 0. The van der Waals surface area contributed by atoms with Gasteiger partial charge < -0.3 is 0 Å². The molecule has 1 aromatic rings. The molecule has 0 bridgehead atoms. The highest BCUT2D eigenvalue weighted by molar-refractivity contribution is 5.99. The highest BCUT2D eigenvalue weighted by atomic mass is 16.1. The zero-order chi connectivity index (χ0) is 11.9. The Morgan fingerprint density at radius 3 is 2.41 bits per heavy atom. The molecule has 2 heteroatoms. The van der Waals surface area contributed by atoms with Crippen molar-refractivity contribution in [1.29, 1.82) is 0 Å². The van der Waals surface area contributed by atoms with Gasteiger partial charge in [-0.25, -0.2) is 0 Å². The molecule has 1 saturated carbocycles. The van der Waals surface area contributed by atoms with Crippen molar-refractivity contribution in [2.75, 3.05) is 0 Å². The molecule has 0 radical (unpaired) electrons. The van der Waals surface area contributed by atoms with Crippen LogP contribution in [-0.4, -0.2) is 11.6 Å². The minimum Gasteiger partial charge on any atom is -0.300 e. The summed E-state index contributed by atoms with van der Waals surface area (Å²) in [6.07, 6.45) is 4.72. The van der Waals surface area contributed by atoms with E-state index >= 15 is 0 Å². The molecular weight excluding hydrogens is 212 g/mol. The summed E-state index contributed by atoms with van der Waals surface area (Å²) < 4.78 is 0. The lowest BCUT2D eigenvalue weighted by molar-refractivity contribution is -0.122. The van der Waals surface area contributed by atoms with Gasteiger partial charge in [-0.05, 0) is 30.2 Å². The summed E-state index contributed by atoms with van der Waals surface area (Å²) in [4.78, 5) is 23.5. The van der Waals surface area contributed by atoms with Gasteiger partial charge in [-0.3, -0.25) is 9.59 Å². The van der Waals surface area contributed by atoms with Crippen molar-refractivity contribution < 1.29 is 9.59 Å². The quantitative estimate of drug-likeness (QED) is 0.684. The molecule has 0 atom stereocenters. The lowest BCUT2D eigenvalue weighted by atomic mass is 9.63. The molecule has 17 heavy (non-hydrogen) atoms. The number of rotatable bonds is 0. The van der Waals surface area contributed by atoms with Crippen LogP contribution < -0.4 is 0 Å². The van der Waals surface area contributed by atoms with Crippen molar-refractivity contribution in [3.8, 4) is 0 Å². The van der Waals surface area contributed by atoms with E-state index in [2.05, 4.69) is 6.07 Å². The van der Waals surface area contributed by atoms with Gasteiger partial charge in [0.25, 0.3) is 0 Å². The second kappa shape index (κ2) is 3.80. The van der Waals surface area contributed by atoms with E-state index < -0.39 is 0 Å². The van der Waals surface area contributed by atoms with Gasteiger partial charge in [0.05, 0.1) is 0 Å². The van der Waals surface area contributed by atoms with E-state index in [1.807, 2.05) is 18.2 Å². The van der Waals surface area contributed by atoms with E-state index in [4.69, 9.17) is 0 Å². The van der Waals surface area contributed by atoms with Gasteiger partial charge in [0.15, 0.2) is 5.78 Å². The van der Waals surface area contributed by atoms with Crippen molar-refractivity contribution in [1.82, 2.24) is 0 Å². The number of carbonyl (C=O) groups is 2. The molecule has 3 rings (SSSR count).